The number of aliphatic carboxylic acids is 1. The molecule has 0 aliphatic heterocycles. The molecule has 35 heavy (non-hydrogen) atoms. The van der Waals surface area contributed by atoms with Crippen molar-refractivity contribution in [2.24, 2.45) is 0 Å². The van der Waals surface area contributed by atoms with Gasteiger partial charge in [-0.25, -0.2) is 9.37 Å². The van der Waals surface area contributed by atoms with Crippen LogP contribution in [0.5, 0.6) is 0 Å². The van der Waals surface area contributed by atoms with Gasteiger partial charge < -0.3 is 19.7 Å². The number of nitrogens with one attached hydrogen (secondary N) is 1. The highest BCUT2D eigenvalue weighted by atomic mass is 35.5. The highest BCUT2D eigenvalue weighted by Gasteiger charge is 2.16. The number of ether oxygens (including phenoxy) is 1. The van der Waals surface area contributed by atoms with E-state index >= 15 is 0 Å². The summed E-state index contributed by atoms with van der Waals surface area (Å²) in [5, 5.41) is 16.0. The summed E-state index contributed by atoms with van der Waals surface area (Å²) in [5.41, 5.74) is 4.27. The molecule has 0 atom stereocenters. The number of carboxylic acids is 1. The minimum atomic E-state index is -0.919. The normalized spacial score (nSPS) is 11.0. The van der Waals surface area contributed by atoms with E-state index in [9.17, 15) is 9.18 Å². The summed E-state index contributed by atoms with van der Waals surface area (Å²) < 4.78 is 25.0. The van der Waals surface area contributed by atoms with E-state index in [0.29, 0.717) is 45.9 Å². The summed E-state index contributed by atoms with van der Waals surface area (Å²) >= 11 is 6.27. The first-order valence-corrected chi connectivity index (χ1v) is 11.1. The molecule has 4 rings (SSSR count). The molecule has 0 radical (unpaired) electrons. The van der Waals surface area contributed by atoms with Crippen molar-refractivity contribution in [2.45, 2.75) is 20.0 Å². The van der Waals surface area contributed by atoms with Crippen molar-refractivity contribution in [3.05, 3.63) is 70.6 Å². The van der Waals surface area contributed by atoms with Gasteiger partial charge >= 0.3 is 5.97 Å². The Hall–Kier alpha value is -3.82. The summed E-state index contributed by atoms with van der Waals surface area (Å²) in [7, 11) is 1.59. The molecule has 0 spiro atoms. The topological polar surface area (TPSA) is 110 Å². The first-order chi connectivity index (χ1) is 16.9. The van der Waals surface area contributed by atoms with Crippen LogP contribution in [-0.2, 0) is 16.1 Å². The fourth-order valence-electron chi connectivity index (χ4n) is 3.60. The van der Waals surface area contributed by atoms with Crippen LogP contribution >= 0.6 is 11.6 Å². The van der Waals surface area contributed by atoms with E-state index in [2.05, 4.69) is 20.4 Å². The van der Waals surface area contributed by atoms with Crippen molar-refractivity contribution in [1.29, 1.82) is 0 Å². The molecule has 2 heterocycles. The summed E-state index contributed by atoms with van der Waals surface area (Å²) in [6.07, 6.45) is 1.46. The minimum absolute atomic E-state index is 0.0589. The van der Waals surface area contributed by atoms with Crippen molar-refractivity contribution < 1.29 is 23.6 Å². The molecule has 2 aromatic carbocycles. The maximum Gasteiger partial charge on any atom is 0.305 e. The Morgan fingerprint density at radius 2 is 2.03 bits per heavy atom. The third kappa shape index (κ3) is 5.47. The maximum atomic E-state index is 14.1. The van der Waals surface area contributed by atoms with Crippen LogP contribution in [0.2, 0.25) is 5.02 Å². The van der Waals surface area contributed by atoms with E-state index in [0.717, 1.165) is 16.7 Å². The van der Waals surface area contributed by atoms with Gasteiger partial charge in [-0.05, 0) is 53.4 Å². The van der Waals surface area contributed by atoms with E-state index in [1.54, 1.807) is 26.2 Å². The van der Waals surface area contributed by atoms with Crippen molar-refractivity contribution in [1.82, 2.24) is 15.1 Å². The average molecular weight is 497 g/mol. The molecule has 4 aromatic rings. The number of aromatic nitrogens is 3. The number of benzene rings is 2. The Morgan fingerprint density at radius 1 is 1.20 bits per heavy atom. The molecule has 10 heteroatoms. The lowest BCUT2D eigenvalue weighted by Gasteiger charge is -2.13. The Bertz CT molecular complexity index is 1380. The monoisotopic (exact) mass is 496 g/mol. The number of carbonyl (C=O) groups is 1. The third-order valence-electron chi connectivity index (χ3n) is 5.37. The number of carboxylic acid groups (broad SMARTS) is 1. The Labute approximate surface area is 205 Å². The fraction of sp³-hybridized carbons (Fsp3) is 0.200. The fourth-order valence-corrected chi connectivity index (χ4v) is 3.83. The molecule has 0 bridgehead atoms. The zero-order valence-electron chi connectivity index (χ0n) is 19.0. The molecule has 0 aliphatic carbocycles. The van der Waals surface area contributed by atoms with Gasteiger partial charge in [0.1, 0.15) is 11.6 Å². The van der Waals surface area contributed by atoms with E-state index < -0.39 is 5.97 Å². The molecular weight excluding hydrogens is 475 g/mol. The van der Waals surface area contributed by atoms with Crippen LogP contribution in [0.25, 0.3) is 34.0 Å². The van der Waals surface area contributed by atoms with E-state index in [1.807, 2.05) is 24.3 Å². The van der Waals surface area contributed by atoms with Crippen LogP contribution in [-0.4, -0.2) is 39.9 Å². The smallest absolute Gasteiger partial charge is 0.305 e. The van der Waals surface area contributed by atoms with E-state index in [-0.39, 0.29) is 18.8 Å². The van der Waals surface area contributed by atoms with Crippen molar-refractivity contribution in [3.8, 4) is 34.0 Å². The molecule has 2 N–H and O–H groups in total. The third-order valence-corrected chi connectivity index (χ3v) is 5.65. The second-order valence-electron chi connectivity index (χ2n) is 7.77. The number of anilines is 1. The summed E-state index contributed by atoms with van der Waals surface area (Å²) in [5.74, 6) is -0.235. The summed E-state index contributed by atoms with van der Waals surface area (Å²) in [6, 6.07) is 12.2. The van der Waals surface area contributed by atoms with Crippen molar-refractivity contribution >= 4 is 23.4 Å². The Kier molecular flexibility index (Phi) is 7.38. The average Bonchev–Trinajstić information content (AvgIpc) is 3.32. The van der Waals surface area contributed by atoms with E-state index in [1.165, 1.54) is 12.3 Å². The highest BCUT2D eigenvalue weighted by molar-refractivity contribution is 6.33. The zero-order chi connectivity index (χ0) is 24.9. The molecule has 0 saturated heterocycles. The number of hydrogen-bond acceptors (Lipinski definition) is 7. The van der Waals surface area contributed by atoms with Crippen molar-refractivity contribution in [3.63, 3.8) is 0 Å². The van der Waals surface area contributed by atoms with Gasteiger partial charge in [-0.3, -0.25) is 4.79 Å². The summed E-state index contributed by atoms with van der Waals surface area (Å²) in [4.78, 5) is 19.4. The lowest BCUT2D eigenvalue weighted by Crippen LogP contribution is -2.08. The van der Waals surface area contributed by atoms with Crippen LogP contribution in [0.15, 0.2) is 53.2 Å². The van der Waals surface area contributed by atoms with Gasteiger partial charge in [-0.1, -0.05) is 35.0 Å². The second-order valence-corrected chi connectivity index (χ2v) is 8.17. The number of pyridine rings is 1. The minimum Gasteiger partial charge on any atom is -0.481 e. The van der Waals surface area contributed by atoms with Crippen LogP contribution in [0.3, 0.4) is 0 Å². The molecule has 2 aromatic heterocycles. The van der Waals surface area contributed by atoms with Gasteiger partial charge in [-0.2, -0.15) is 4.98 Å². The van der Waals surface area contributed by atoms with Gasteiger partial charge in [0.15, 0.2) is 0 Å². The van der Waals surface area contributed by atoms with Crippen molar-refractivity contribution in [2.75, 3.05) is 19.0 Å². The molecule has 0 amide bonds. The predicted molar refractivity (Wildman–Crippen MR) is 130 cm³/mol. The standard InChI is InChI=1S/C25H22ClFN4O4/c1-14-18(4-3-5-21(14)27)19-7-6-15(10-17(19)13-34-2)25-30-23(31-35-25)16-11-20(26)24(29-12-16)28-9-8-22(32)33/h3-7,10-12H,8-9,13H2,1-2H3,(H,28,29)(H,32,33). The van der Waals surface area contributed by atoms with Crippen LogP contribution in [0.1, 0.15) is 17.5 Å². The molecule has 180 valence electrons. The predicted octanol–water partition coefficient (Wildman–Crippen LogP) is 5.60. The van der Waals surface area contributed by atoms with Gasteiger partial charge in [0, 0.05) is 31.0 Å². The number of rotatable bonds is 9. The number of hydrogen-bond donors (Lipinski definition) is 2. The molecule has 0 aliphatic rings. The molecule has 0 unspecified atom stereocenters. The molecular formula is C25H22ClFN4O4. The Balaban J connectivity index is 1.61. The van der Waals surface area contributed by atoms with Crippen LogP contribution in [0.4, 0.5) is 10.2 Å². The lowest BCUT2D eigenvalue weighted by atomic mass is 9.94. The van der Waals surface area contributed by atoms with Crippen LogP contribution < -0.4 is 5.32 Å². The largest absolute Gasteiger partial charge is 0.481 e. The SMILES string of the molecule is COCc1cc(-c2nc(-c3cnc(NCCC(=O)O)c(Cl)c3)no2)ccc1-c1cccc(F)c1C. The van der Waals surface area contributed by atoms with Gasteiger partial charge in [-0.15, -0.1) is 0 Å². The molecule has 0 fully saturated rings. The first-order valence-electron chi connectivity index (χ1n) is 10.7. The van der Waals surface area contributed by atoms with Crippen LogP contribution in [0, 0.1) is 12.7 Å². The maximum absolute atomic E-state index is 14.1. The lowest BCUT2D eigenvalue weighted by molar-refractivity contribution is -0.136. The highest BCUT2D eigenvalue weighted by Crippen LogP contribution is 2.33. The van der Waals surface area contributed by atoms with Gasteiger partial charge in [0.2, 0.25) is 5.82 Å². The summed E-state index contributed by atoms with van der Waals surface area (Å²) in [6.45, 7) is 2.25. The second kappa shape index (κ2) is 10.6. The number of nitrogens with zero attached hydrogens (tertiary/aromatic N) is 3. The zero-order valence-corrected chi connectivity index (χ0v) is 19.8. The molecule has 8 nitrogen and oxygen atoms in total. The molecule has 0 saturated carbocycles. The first kappa shape index (κ1) is 24.3. The number of methoxy groups -OCH3 is 1. The van der Waals surface area contributed by atoms with Gasteiger partial charge in [0.25, 0.3) is 5.89 Å². The quantitative estimate of drug-likeness (QED) is 0.308. The van der Waals surface area contributed by atoms with Gasteiger partial charge in [0.05, 0.1) is 18.1 Å². The van der Waals surface area contributed by atoms with E-state index in [4.69, 9.17) is 26.0 Å². The number of halogens is 2. The Morgan fingerprint density at radius 3 is 2.77 bits per heavy atom.